The molecule has 428 valence electrons. The number of rotatable bonds is 23. The van der Waals surface area contributed by atoms with Gasteiger partial charge >= 0.3 is 6.18 Å². The number of piperazine rings is 1. The van der Waals surface area contributed by atoms with E-state index < -0.39 is 53.1 Å². The Morgan fingerprint density at radius 2 is 1.53 bits per heavy atom. The van der Waals surface area contributed by atoms with Crippen LogP contribution in [0.1, 0.15) is 91.7 Å². The van der Waals surface area contributed by atoms with E-state index in [0.717, 1.165) is 103 Å². The first kappa shape index (κ1) is 59.3. The maximum atomic E-state index is 14.0. The fourth-order valence-electron chi connectivity index (χ4n) is 10.5. The van der Waals surface area contributed by atoms with E-state index in [0.29, 0.717) is 31.9 Å². The Hall–Kier alpha value is -5.85. The van der Waals surface area contributed by atoms with Crippen molar-refractivity contribution in [3.63, 3.8) is 0 Å². The number of benzene rings is 3. The number of ether oxygens (including phenoxy) is 3. The van der Waals surface area contributed by atoms with Gasteiger partial charge in [0, 0.05) is 77.0 Å². The van der Waals surface area contributed by atoms with Crippen LogP contribution in [0.2, 0.25) is 0 Å². The number of carbonyl (C=O) groups excluding carboxylic acids is 4. The maximum absolute atomic E-state index is 14.0. The number of anilines is 1. The largest absolute Gasteiger partial charge is 0.416 e. The molecule has 0 spiro atoms. The van der Waals surface area contributed by atoms with Gasteiger partial charge in [0.25, 0.3) is 5.91 Å². The number of imidazole rings is 1. The van der Waals surface area contributed by atoms with E-state index >= 15 is 0 Å². The number of halogens is 3. The summed E-state index contributed by atoms with van der Waals surface area (Å²) in [5.74, 6) is -1.51. The minimum Gasteiger partial charge on any atom is -0.396 e. The van der Waals surface area contributed by atoms with E-state index in [1.54, 1.807) is 16.8 Å². The number of fused-ring (bicyclic) bond motifs is 1. The van der Waals surface area contributed by atoms with Crippen LogP contribution in [-0.2, 0) is 47.9 Å². The van der Waals surface area contributed by atoms with Crippen LogP contribution in [0, 0.1) is 18.3 Å². The number of aliphatic hydroxyl groups is 2. The lowest BCUT2D eigenvalue weighted by molar-refractivity contribution is -0.144. The predicted molar refractivity (Wildman–Crippen MR) is 293 cm³/mol. The van der Waals surface area contributed by atoms with Crippen LogP contribution >= 0.6 is 11.3 Å². The summed E-state index contributed by atoms with van der Waals surface area (Å²) in [6.07, 6.45) is -2.21. The third-order valence-electron chi connectivity index (χ3n) is 15.0. The fourth-order valence-corrected chi connectivity index (χ4v) is 11.3. The zero-order valence-electron chi connectivity index (χ0n) is 45.4. The molecule has 2 aromatic heterocycles. The highest BCUT2D eigenvalue weighted by atomic mass is 32.1. The molecule has 0 unspecified atom stereocenters. The van der Waals surface area contributed by atoms with Crippen molar-refractivity contribution in [2.24, 2.45) is 11.3 Å². The minimum absolute atomic E-state index is 0.000751. The number of β-amino-alcohol motifs (C(OH)–C–C–N with tert-alkyl or cyclic N) is 1. The summed E-state index contributed by atoms with van der Waals surface area (Å²) in [7, 11) is 0. The number of thiazole rings is 1. The maximum Gasteiger partial charge on any atom is 0.416 e. The molecule has 3 atom stereocenters. The average molecular weight is 1120 g/mol. The van der Waals surface area contributed by atoms with Crippen LogP contribution in [0.5, 0.6) is 0 Å². The smallest absolute Gasteiger partial charge is 0.396 e. The second-order valence-corrected chi connectivity index (χ2v) is 22.7. The first-order chi connectivity index (χ1) is 37.8. The zero-order chi connectivity index (χ0) is 56.3. The molecular weight excluding hydrogens is 1040 g/mol. The van der Waals surface area contributed by atoms with Gasteiger partial charge < -0.3 is 44.5 Å². The van der Waals surface area contributed by atoms with E-state index in [9.17, 15) is 42.6 Å². The second kappa shape index (κ2) is 27.1. The van der Waals surface area contributed by atoms with Crippen molar-refractivity contribution >= 4 is 51.9 Å². The molecule has 0 bridgehead atoms. The molecule has 4 heterocycles. The SMILES string of the molecule is Cc1ncsc1-c1ccc(CNC(=O)[C@@H]2C[C@@H](O)CN2C(=O)[C@@H](NC(=O)COCCOCCOCCN2CCN(Cc3ccc4c(c3)nc(NC(=O)c3cccc(C(F)(F)F)c3)n4[C@H]3CC[C@@H](CO)CC3)CC2)C(C)(C)C)cc1. The molecule has 4 amide bonds. The van der Waals surface area contributed by atoms with E-state index in [1.807, 2.05) is 68.7 Å². The number of nitrogens with one attached hydrogen (secondary N) is 3. The van der Waals surface area contributed by atoms with Crippen molar-refractivity contribution < 1.29 is 56.8 Å². The van der Waals surface area contributed by atoms with Gasteiger partial charge in [0.2, 0.25) is 23.7 Å². The Labute approximate surface area is 463 Å². The lowest BCUT2D eigenvalue weighted by atomic mass is 9.85. The number of aliphatic hydroxyl groups excluding tert-OH is 2. The Morgan fingerprint density at radius 3 is 2.20 bits per heavy atom. The van der Waals surface area contributed by atoms with Gasteiger partial charge in [0.05, 0.1) is 71.8 Å². The van der Waals surface area contributed by atoms with Gasteiger partial charge in [0.1, 0.15) is 18.7 Å². The molecular formula is C57H74F3N9O9S. The highest BCUT2D eigenvalue weighted by Crippen LogP contribution is 2.38. The third kappa shape index (κ3) is 16.0. The van der Waals surface area contributed by atoms with E-state index in [4.69, 9.17) is 19.2 Å². The van der Waals surface area contributed by atoms with Crippen molar-refractivity contribution in [2.45, 2.75) is 103 Å². The Bertz CT molecular complexity index is 2840. The number of aryl methyl sites for hydroxylation is 1. The molecule has 18 nitrogen and oxygen atoms in total. The molecule has 79 heavy (non-hydrogen) atoms. The van der Waals surface area contributed by atoms with Crippen molar-refractivity contribution in [1.82, 2.24) is 39.9 Å². The highest BCUT2D eigenvalue weighted by Gasteiger charge is 2.44. The summed E-state index contributed by atoms with van der Waals surface area (Å²) < 4.78 is 59.5. The van der Waals surface area contributed by atoms with Crippen molar-refractivity contribution in [3.8, 4) is 10.4 Å². The predicted octanol–water partition coefficient (Wildman–Crippen LogP) is 6.44. The summed E-state index contributed by atoms with van der Waals surface area (Å²) >= 11 is 1.57. The van der Waals surface area contributed by atoms with Crippen molar-refractivity contribution in [1.29, 1.82) is 0 Å². The van der Waals surface area contributed by atoms with Gasteiger partial charge in [-0.15, -0.1) is 11.3 Å². The monoisotopic (exact) mass is 1120 g/mol. The molecule has 1 saturated carbocycles. The summed E-state index contributed by atoms with van der Waals surface area (Å²) in [4.78, 5) is 70.2. The third-order valence-corrected chi connectivity index (χ3v) is 16.0. The van der Waals surface area contributed by atoms with Crippen LogP contribution in [-0.4, -0.2) is 167 Å². The molecule has 8 rings (SSSR count). The first-order valence-corrected chi connectivity index (χ1v) is 28.1. The molecule has 5 N–H and O–H groups in total. The van der Waals surface area contributed by atoms with Crippen molar-refractivity contribution in [2.75, 3.05) is 90.8 Å². The molecule has 5 aromatic rings. The lowest BCUT2D eigenvalue weighted by Crippen LogP contribution is -2.58. The number of likely N-dealkylation sites (tertiary alicyclic amines) is 1. The number of alkyl halides is 3. The van der Waals surface area contributed by atoms with Gasteiger partial charge in [-0.3, -0.25) is 34.3 Å². The lowest BCUT2D eigenvalue weighted by Gasteiger charge is -2.35. The van der Waals surface area contributed by atoms with Gasteiger partial charge in [-0.2, -0.15) is 13.2 Å². The molecule has 2 aliphatic heterocycles. The van der Waals surface area contributed by atoms with Gasteiger partial charge in [-0.25, -0.2) is 9.97 Å². The number of hydrogen-bond donors (Lipinski definition) is 5. The van der Waals surface area contributed by atoms with Crippen LogP contribution in [0.3, 0.4) is 0 Å². The molecule has 2 saturated heterocycles. The zero-order valence-corrected chi connectivity index (χ0v) is 46.3. The quantitative estimate of drug-likeness (QED) is 0.0447. The van der Waals surface area contributed by atoms with Crippen LogP contribution in [0.15, 0.2) is 72.2 Å². The number of aromatic nitrogens is 3. The average Bonchev–Trinajstić information content (AvgIpc) is 4.39. The number of carbonyl (C=O) groups is 4. The summed E-state index contributed by atoms with van der Waals surface area (Å²) in [5.41, 5.74) is 5.53. The van der Waals surface area contributed by atoms with Crippen LogP contribution in [0.4, 0.5) is 19.1 Å². The molecule has 22 heteroatoms. The van der Waals surface area contributed by atoms with Crippen molar-refractivity contribution in [3.05, 3.63) is 100 Å². The molecule has 3 fully saturated rings. The van der Waals surface area contributed by atoms with E-state index in [-0.39, 0.29) is 75.3 Å². The minimum atomic E-state index is -4.58. The first-order valence-electron chi connectivity index (χ1n) is 27.2. The normalized spacial score (nSPS) is 19.9. The Morgan fingerprint density at radius 1 is 0.848 bits per heavy atom. The Kier molecular flexibility index (Phi) is 20.3. The summed E-state index contributed by atoms with van der Waals surface area (Å²) in [6.45, 7) is 14.0. The molecule has 1 aliphatic carbocycles. The summed E-state index contributed by atoms with van der Waals surface area (Å²) in [5, 5.41) is 28.9. The number of hydrogen-bond acceptors (Lipinski definition) is 14. The van der Waals surface area contributed by atoms with Gasteiger partial charge in [0.15, 0.2) is 0 Å². The van der Waals surface area contributed by atoms with Gasteiger partial charge in [-0.1, -0.05) is 57.2 Å². The fraction of sp³-hybridized carbons (Fsp3) is 0.544. The topological polar surface area (TPSA) is 213 Å². The highest BCUT2D eigenvalue weighted by molar-refractivity contribution is 7.13. The molecule has 3 aliphatic rings. The van der Waals surface area contributed by atoms with Crippen LogP contribution < -0.4 is 16.0 Å². The van der Waals surface area contributed by atoms with E-state index in [1.165, 1.54) is 17.0 Å². The molecule has 3 aromatic carbocycles. The Balaban J connectivity index is 0.708. The van der Waals surface area contributed by atoms with E-state index in [2.05, 4.69) is 36.8 Å². The van der Waals surface area contributed by atoms with Gasteiger partial charge in [-0.05, 0) is 91.0 Å². The number of nitrogens with zero attached hydrogens (tertiary/aromatic N) is 6. The molecule has 0 radical (unpaired) electrons. The second-order valence-electron chi connectivity index (χ2n) is 21.9. The standard InChI is InChI=1S/C57H74F3N9O9S/c1-37-50(79-36-62-37)41-13-8-38(9-14-41)31-61-53(74)48-30-45(71)33-68(48)54(75)51(56(2,3)4)64-49(72)35-78-27-26-77-25-24-76-23-22-66-18-20-67(21-19-66)32-40-12-17-47-46(28-40)63-55(69(47)44-15-10-39(34-70)11-16-44)65-52(73)42-6-5-7-43(29-42)57(58,59)60/h5-9,12-14,17,28-29,36,39,44-45,48,51,70-71H,10-11,15-16,18-27,30-35H2,1-4H3,(H,61,74)(H,64,72)(H,63,65,73)/t39-,44+,45-,48+,51-/m1/s1. The number of amides is 4. The van der Waals surface area contributed by atoms with Crippen LogP contribution in [0.25, 0.3) is 21.5 Å². The summed E-state index contributed by atoms with van der Waals surface area (Å²) in [6, 6.07) is 16.4.